The van der Waals surface area contributed by atoms with Crippen LogP contribution in [0.1, 0.15) is 19.4 Å². The Morgan fingerprint density at radius 1 is 1.05 bits per heavy atom. The van der Waals surface area contributed by atoms with Crippen molar-refractivity contribution in [2.75, 3.05) is 32.8 Å². The second-order valence-electron chi connectivity index (χ2n) is 6.00. The molecule has 22 heavy (non-hydrogen) atoms. The van der Waals surface area contributed by atoms with Gasteiger partial charge in [-0.05, 0) is 11.5 Å². The molecule has 0 aromatic heterocycles. The minimum Gasteiger partial charge on any atom is -0.449 e. The van der Waals surface area contributed by atoms with Crippen LogP contribution in [0.2, 0.25) is 0 Å². The number of hydrogen-bond donors (Lipinski definition) is 0. The summed E-state index contributed by atoms with van der Waals surface area (Å²) in [6.45, 7) is 6.67. The van der Waals surface area contributed by atoms with Crippen LogP contribution in [0.5, 0.6) is 0 Å². The third-order valence-electron chi connectivity index (χ3n) is 3.63. The quantitative estimate of drug-likeness (QED) is 0.856. The molecule has 0 spiro atoms. The van der Waals surface area contributed by atoms with E-state index in [0.717, 1.165) is 5.56 Å². The lowest BCUT2D eigenvalue weighted by Crippen LogP contribution is -2.51. The second kappa shape index (κ2) is 7.82. The molecule has 0 unspecified atom stereocenters. The Balaban J connectivity index is 1.77. The lowest BCUT2D eigenvalue weighted by atomic mass is 10.1. The molecule has 0 bridgehead atoms. The monoisotopic (exact) mass is 304 g/mol. The summed E-state index contributed by atoms with van der Waals surface area (Å²) in [6, 6.07) is 9.72. The van der Waals surface area contributed by atoms with Gasteiger partial charge < -0.3 is 14.5 Å². The van der Waals surface area contributed by atoms with Crippen LogP contribution in [0.4, 0.5) is 4.79 Å². The summed E-state index contributed by atoms with van der Waals surface area (Å²) in [5, 5.41) is 0. The molecule has 1 heterocycles. The van der Waals surface area contributed by atoms with Gasteiger partial charge in [-0.15, -0.1) is 0 Å². The molecule has 1 fully saturated rings. The summed E-state index contributed by atoms with van der Waals surface area (Å²) < 4.78 is 5.22. The number of carbonyl (C=O) groups excluding carboxylic acids is 2. The predicted octanol–water partition coefficient (Wildman–Crippen LogP) is 2.17. The predicted molar refractivity (Wildman–Crippen MR) is 84.5 cm³/mol. The first-order valence-corrected chi connectivity index (χ1v) is 7.79. The highest BCUT2D eigenvalue weighted by Crippen LogP contribution is 2.08. The van der Waals surface area contributed by atoms with E-state index in [1.807, 2.05) is 49.1 Å². The molecule has 1 aliphatic heterocycles. The molecule has 0 saturated carbocycles. The highest BCUT2D eigenvalue weighted by molar-refractivity contribution is 5.79. The van der Waals surface area contributed by atoms with Crippen molar-refractivity contribution < 1.29 is 14.3 Å². The van der Waals surface area contributed by atoms with Crippen molar-refractivity contribution in [1.82, 2.24) is 9.80 Å². The molecular weight excluding hydrogens is 280 g/mol. The van der Waals surface area contributed by atoms with Gasteiger partial charge in [0.2, 0.25) is 5.91 Å². The van der Waals surface area contributed by atoms with Gasteiger partial charge in [-0.25, -0.2) is 4.79 Å². The molecule has 0 atom stereocenters. The third-order valence-corrected chi connectivity index (χ3v) is 3.63. The third kappa shape index (κ3) is 4.76. The van der Waals surface area contributed by atoms with E-state index in [1.165, 1.54) is 0 Å². The molecule has 1 aromatic rings. The van der Waals surface area contributed by atoms with E-state index in [2.05, 4.69) is 0 Å². The number of nitrogens with zero attached hydrogens (tertiary/aromatic N) is 2. The molecule has 1 saturated heterocycles. The van der Waals surface area contributed by atoms with Crippen LogP contribution in [0.25, 0.3) is 0 Å². The zero-order valence-electron chi connectivity index (χ0n) is 13.3. The number of ether oxygens (including phenoxy) is 1. The minimum absolute atomic E-state index is 0.112. The van der Waals surface area contributed by atoms with Crippen molar-refractivity contribution >= 4 is 12.0 Å². The van der Waals surface area contributed by atoms with Crippen molar-refractivity contribution in [1.29, 1.82) is 0 Å². The van der Waals surface area contributed by atoms with Crippen molar-refractivity contribution in [3.63, 3.8) is 0 Å². The van der Waals surface area contributed by atoms with Crippen molar-refractivity contribution in [3.8, 4) is 0 Å². The lowest BCUT2D eigenvalue weighted by Gasteiger charge is -2.34. The Morgan fingerprint density at radius 2 is 1.64 bits per heavy atom. The van der Waals surface area contributed by atoms with Crippen LogP contribution >= 0.6 is 0 Å². The Hall–Kier alpha value is -2.04. The molecule has 0 radical (unpaired) electrons. The average molecular weight is 304 g/mol. The van der Waals surface area contributed by atoms with Gasteiger partial charge in [0.05, 0.1) is 13.0 Å². The molecule has 5 heteroatoms. The first-order chi connectivity index (χ1) is 10.6. The summed E-state index contributed by atoms with van der Waals surface area (Å²) in [5.41, 5.74) is 1.02. The maximum atomic E-state index is 12.3. The number of amides is 2. The Labute approximate surface area is 131 Å². The Bertz CT molecular complexity index is 494. The van der Waals surface area contributed by atoms with Gasteiger partial charge in [0.15, 0.2) is 0 Å². The van der Waals surface area contributed by atoms with Crippen molar-refractivity contribution in [2.45, 2.75) is 20.3 Å². The van der Waals surface area contributed by atoms with E-state index >= 15 is 0 Å². The highest BCUT2D eigenvalue weighted by atomic mass is 16.6. The van der Waals surface area contributed by atoms with E-state index in [4.69, 9.17) is 4.74 Å². The highest BCUT2D eigenvalue weighted by Gasteiger charge is 2.25. The second-order valence-corrected chi connectivity index (χ2v) is 6.00. The van der Waals surface area contributed by atoms with Crippen LogP contribution in [-0.4, -0.2) is 54.6 Å². The van der Waals surface area contributed by atoms with E-state index < -0.39 is 0 Å². The Kier molecular flexibility index (Phi) is 5.81. The maximum Gasteiger partial charge on any atom is 0.409 e. The van der Waals surface area contributed by atoms with Crippen LogP contribution in [0, 0.1) is 5.92 Å². The molecule has 0 aliphatic carbocycles. The summed E-state index contributed by atoms with van der Waals surface area (Å²) in [7, 11) is 0. The fraction of sp³-hybridized carbons (Fsp3) is 0.529. The van der Waals surface area contributed by atoms with Crippen molar-refractivity contribution in [3.05, 3.63) is 35.9 Å². The SMILES string of the molecule is CC(C)COC(=O)N1CCN(C(=O)Cc2ccccc2)CC1. The smallest absolute Gasteiger partial charge is 0.409 e. The van der Waals surface area contributed by atoms with E-state index in [9.17, 15) is 9.59 Å². The molecule has 2 rings (SSSR count). The van der Waals surface area contributed by atoms with E-state index in [-0.39, 0.29) is 12.0 Å². The fourth-order valence-corrected chi connectivity index (χ4v) is 2.35. The number of rotatable bonds is 4. The lowest BCUT2D eigenvalue weighted by molar-refractivity contribution is -0.132. The number of carbonyl (C=O) groups is 2. The molecular formula is C17H24N2O3. The van der Waals surface area contributed by atoms with Gasteiger partial charge in [0.25, 0.3) is 0 Å². The molecule has 2 amide bonds. The van der Waals surface area contributed by atoms with Gasteiger partial charge in [-0.2, -0.15) is 0 Å². The van der Waals surface area contributed by atoms with E-state index in [0.29, 0.717) is 45.1 Å². The maximum absolute atomic E-state index is 12.3. The van der Waals surface area contributed by atoms with Gasteiger partial charge in [0.1, 0.15) is 0 Å². The number of piperazine rings is 1. The minimum atomic E-state index is -0.274. The van der Waals surface area contributed by atoms with Crippen LogP contribution in [0.3, 0.4) is 0 Å². The first-order valence-electron chi connectivity index (χ1n) is 7.79. The topological polar surface area (TPSA) is 49.9 Å². The standard InChI is InChI=1S/C17H24N2O3/c1-14(2)13-22-17(21)19-10-8-18(9-11-19)16(20)12-15-6-4-3-5-7-15/h3-7,14H,8-13H2,1-2H3. The van der Waals surface area contributed by atoms with Gasteiger partial charge in [-0.1, -0.05) is 44.2 Å². The van der Waals surface area contributed by atoms with Gasteiger partial charge in [0, 0.05) is 26.2 Å². The summed E-state index contributed by atoms with van der Waals surface area (Å²) in [4.78, 5) is 27.6. The molecule has 5 nitrogen and oxygen atoms in total. The normalized spacial score (nSPS) is 15.0. The zero-order chi connectivity index (χ0) is 15.9. The summed E-state index contributed by atoms with van der Waals surface area (Å²) in [6.07, 6.45) is 0.141. The van der Waals surface area contributed by atoms with Crippen LogP contribution in [0.15, 0.2) is 30.3 Å². The summed E-state index contributed by atoms with van der Waals surface area (Å²) >= 11 is 0. The number of hydrogen-bond acceptors (Lipinski definition) is 3. The van der Waals surface area contributed by atoms with Gasteiger partial charge in [-0.3, -0.25) is 4.79 Å². The Morgan fingerprint density at radius 3 is 2.23 bits per heavy atom. The molecule has 1 aliphatic rings. The average Bonchev–Trinajstić information content (AvgIpc) is 2.53. The van der Waals surface area contributed by atoms with Crippen LogP contribution < -0.4 is 0 Å². The molecule has 0 N–H and O–H groups in total. The fourth-order valence-electron chi connectivity index (χ4n) is 2.35. The largest absolute Gasteiger partial charge is 0.449 e. The van der Waals surface area contributed by atoms with Crippen LogP contribution in [-0.2, 0) is 16.0 Å². The summed E-state index contributed by atoms with van der Waals surface area (Å²) in [5.74, 6) is 0.444. The molecule has 120 valence electrons. The van der Waals surface area contributed by atoms with Gasteiger partial charge >= 0.3 is 6.09 Å². The zero-order valence-corrected chi connectivity index (χ0v) is 13.3. The first kappa shape index (κ1) is 16.3. The number of benzene rings is 1. The molecule has 1 aromatic carbocycles. The van der Waals surface area contributed by atoms with Crippen molar-refractivity contribution in [2.24, 2.45) is 5.92 Å². The van der Waals surface area contributed by atoms with E-state index in [1.54, 1.807) is 4.90 Å².